The monoisotopic (exact) mass is 377 g/mol. The lowest BCUT2D eigenvalue weighted by Gasteiger charge is -2.33. The summed E-state index contributed by atoms with van der Waals surface area (Å²) in [5.41, 5.74) is 1.02. The Hall–Kier alpha value is -1.79. The summed E-state index contributed by atoms with van der Waals surface area (Å²) in [6.07, 6.45) is 0.0519. The van der Waals surface area contributed by atoms with Gasteiger partial charge in [-0.15, -0.1) is 0 Å². The molecule has 0 saturated carbocycles. The van der Waals surface area contributed by atoms with Gasteiger partial charge < -0.3 is 20.1 Å². The van der Waals surface area contributed by atoms with E-state index in [0.717, 1.165) is 37.6 Å². The molecule has 1 unspecified atom stereocenters. The van der Waals surface area contributed by atoms with Gasteiger partial charge in [-0.05, 0) is 29.5 Å². The van der Waals surface area contributed by atoms with Gasteiger partial charge in [0.15, 0.2) is 0 Å². The van der Waals surface area contributed by atoms with Crippen LogP contribution in [0.25, 0.3) is 0 Å². The van der Waals surface area contributed by atoms with E-state index in [4.69, 9.17) is 9.47 Å². The average molecular weight is 378 g/mol. The molecule has 0 bridgehead atoms. The number of carbonyl (C=O) groups excluding carboxylic acids is 1. The largest absolute Gasteiger partial charge is 0.493 e. The van der Waals surface area contributed by atoms with Crippen molar-refractivity contribution in [2.45, 2.75) is 40.3 Å². The van der Waals surface area contributed by atoms with E-state index in [1.54, 1.807) is 0 Å². The van der Waals surface area contributed by atoms with Crippen molar-refractivity contribution in [3.63, 3.8) is 0 Å². The molecule has 2 N–H and O–H groups in total. The summed E-state index contributed by atoms with van der Waals surface area (Å²) in [5, 5.41) is 5.82. The molecule has 1 fully saturated rings. The summed E-state index contributed by atoms with van der Waals surface area (Å²) >= 11 is 0. The second kappa shape index (κ2) is 11.1. The Bertz CT molecular complexity index is 578. The number of ether oxygens (including phenoxy) is 2. The van der Waals surface area contributed by atoms with E-state index in [1.165, 1.54) is 0 Å². The molecule has 0 aliphatic carbocycles. The van der Waals surface area contributed by atoms with Gasteiger partial charge >= 0.3 is 6.03 Å². The molecular formula is C21H35N3O3. The van der Waals surface area contributed by atoms with Crippen LogP contribution in [-0.4, -0.2) is 56.4 Å². The smallest absolute Gasteiger partial charge is 0.315 e. The third kappa shape index (κ3) is 8.63. The van der Waals surface area contributed by atoms with Gasteiger partial charge in [-0.2, -0.15) is 0 Å². The molecule has 27 heavy (non-hydrogen) atoms. The Balaban J connectivity index is 1.69. The number of nitrogens with zero attached hydrogens (tertiary/aromatic N) is 1. The molecule has 2 amide bonds. The fourth-order valence-corrected chi connectivity index (χ4v) is 3.05. The standard InChI is InChI=1S/C21H35N3O3/c1-16(2)13-24-8-9-26-20(14-24)12-23-21(25)22-11-18-6-5-7-19(10-18)27-15-17(3)4/h5-7,10,16-17,20H,8-9,11-15H2,1-4H3,(H2,22,23,25). The van der Waals surface area contributed by atoms with Crippen LogP contribution in [0.15, 0.2) is 24.3 Å². The van der Waals surface area contributed by atoms with Crippen LogP contribution < -0.4 is 15.4 Å². The van der Waals surface area contributed by atoms with E-state index in [9.17, 15) is 4.79 Å². The van der Waals surface area contributed by atoms with Gasteiger partial charge in [0.2, 0.25) is 0 Å². The lowest BCUT2D eigenvalue weighted by Crippen LogP contribution is -2.49. The number of hydrogen-bond acceptors (Lipinski definition) is 4. The molecule has 0 spiro atoms. The number of hydrogen-bond donors (Lipinski definition) is 2. The second-order valence-electron chi connectivity index (χ2n) is 8.06. The van der Waals surface area contributed by atoms with Crippen molar-refractivity contribution in [2.75, 3.05) is 39.4 Å². The minimum Gasteiger partial charge on any atom is -0.493 e. The summed E-state index contributed by atoms with van der Waals surface area (Å²) in [7, 11) is 0. The van der Waals surface area contributed by atoms with E-state index in [2.05, 4.69) is 43.2 Å². The first-order valence-corrected chi connectivity index (χ1v) is 9.99. The van der Waals surface area contributed by atoms with Gasteiger partial charge in [0.25, 0.3) is 0 Å². The highest BCUT2D eigenvalue weighted by atomic mass is 16.5. The molecule has 0 aromatic heterocycles. The molecule has 6 heteroatoms. The maximum absolute atomic E-state index is 12.1. The first-order valence-electron chi connectivity index (χ1n) is 9.99. The molecule has 1 saturated heterocycles. The van der Waals surface area contributed by atoms with Crippen LogP contribution >= 0.6 is 0 Å². The Kier molecular flexibility index (Phi) is 8.88. The van der Waals surface area contributed by atoms with Crippen LogP contribution in [0.3, 0.4) is 0 Å². The highest BCUT2D eigenvalue weighted by Gasteiger charge is 2.21. The van der Waals surface area contributed by atoms with Gasteiger partial charge in [-0.3, -0.25) is 4.90 Å². The molecule has 152 valence electrons. The van der Waals surface area contributed by atoms with Gasteiger partial charge in [0, 0.05) is 32.7 Å². The van der Waals surface area contributed by atoms with Crippen molar-refractivity contribution in [2.24, 2.45) is 11.8 Å². The molecule has 6 nitrogen and oxygen atoms in total. The molecule has 1 aromatic carbocycles. The third-order valence-electron chi connectivity index (χ3n) is 4.27. The molecule has 1 aliphatic rings. The SMILES string of the molecule is CC(C)COc1cccc(CNC(=O)NCC2CN(CC(C)C)CCO2)c1. The Morgan fingerprint density at radius 2 is 2.07 bits per heavy atom. The topological polar surface area (TPSA) is 62.8 Å². The summed E-state index contributed by atoms with van der Waals surface area (Å²) in [4.78, 5) is 14.5. The first-order chi connectivity index (χ1) is 12.9. The van der Waals surface area contributed by atoms with Crippen molar-refractivity contribution >= 4 is 6.03 Å². The number of amides is 2. The fourth-order valence-electron chi connectivity index (χ4n) is 3.05. The summed E-state index contributed by atoms with van der Waals surface area (Å²) in [6.45, 7) is 14.0. The third-order valence-corrected chi connectivity index (χ3v) is 4.27. The van der Waals surface area contributed by atoms with Crippen LogP contribution in [0.5, 0.6) is 5.75 Å². The van der Waals surface area contributed by atoms with Crippen molar-refractivity contribution in [1.82, 2.24) is 15.5 Å². The van der Waals surface area contributed by atoms with Crippen LogP contribution in [-0.2, 0) is 11.3 Å². The van der Waals surface area contributed by atoms with E-state index in [1.807, 2.05) is 24.3 Å². The minimum absolute atomic E-state index is 0.0519. The summed E-state index contributed by atoms with van der Waals surface area (Å²) in [5.74, 6) is 1.96. The number of carbonyl (C=O) groups is 1. The maximum atomic E-state index is 12.1. The number of nitrogens with one attached hydrogen (secondary N) is 2. The molecule has 1 aliphatic heterocycles. The normalized spacial score (nSPS) is 17.9. The van der Waals surface area contributed by atoms with Gasteiger partial charge in [0.1, 0.15) is 5.75 Å². The van der Waals surface area contributed by atoms with Gasteiger partial charge in [-0.25, -0.2) is 4.79 Å². The van der Waals surface area contributed by atoms with E-state index < -0.39 is 0 Å². The molecular weight excluding hydrogens is 342 g/mol. The maximum Gasteiger partial charge on any atom is 0.315 e. The zero-order valence-electron chi connectivity index (χ0n) is 17.2. The van der Waals surface area contributed by atoms with Crippen molar-refractivity contribution in [1.29, 1.82) is 0 Å². The van der Waals surface area contributed by atoms with Gasteiger partial charge in [0.05, 0.1) is 19.3 Å². The number of morpholine rings is 1. The minimum atomic E-state index is -0.173. The van der Waals surface area contributed by atoms with Crippen molar-refractivity contribution < 1.29 is 14.3 Å². The molecule has 1 aromatic rings. The first kappa shape index (κ1) is 21.5. The Labute approximate surface area is 163 Å². The molecule has 1 atom stereocenters. The van der Waals surface area contributed by atoms with Crippen LogP contribution in [0.2, 0.25) is 0 Å². The van der Waals surface area contributed by atoms with Crippen LogP contribution in [0, 0.1) is 11.8 Å². The molecule has 2 rings (SSSR count). The van der Waals surface area contributed by atoms with Crippen molar-refractivity contribution in [3.05, 3.63) is 29.8 Å². The highest BCUT2D eigenvalue weighted by Crippen LogP contribution is 2.14. The zero-order valence-corrected chi connectivity index (χ0v) is 17.2. The lowest BCUT2D eigenvalue weighted by molar-refractivity contribution is -0.0290. The summed E-state index contributed by atoms with van der Waals surface area (Å²) < 4.78 is 11.5. The number of benzene rings is 1. The van der Waals surface area contributed by atoms with Crippen molar-refractivity contribution in [3.8, 4) is 5.75 Å². The average Bonchev–Trinajstić information content (AvgIpc) is 2.63. The predicted octanol–water partition coefficient (Wildman–Crippen LogP) is 2.88. The second-order valence-corrected chi connectivity index (χ2v) is 8.06. The highest BCUT2D eigenvalue weighted by molar-refractivity contribution is 5.73. The van der Waals surface area contributed by atoms with E-state index in [0.29, 0.717) is 31.5 Å². The Morgan fingerprint density at radius 3 is 2.81 bits per heavy atom. The molecule has 1 heterocycles. The van der Waals surface area contributed by atoms with Gasteiger partial charge in [-0.1, -0.05) is 39.8 Å². The summed E-state index contributed by atoms with van der Waals surface area (Å²) in [6, 6.07) is 7.67. The number of rotatable bonds is 9. The zero-order chi connectivity index (χ0) is 19.6. The van der Waals surface area contributed by atoms with Crippen LogP contribution in [0.1, 0.15) is 33.3 Å². The lowest BCUT2D eigenvalue weighted by atomic mass is 10.2. The fraction of sp³-hybridized carbons (Fsp3) is 0.667. The predicted molar refractivity (Wildman–Crippen MR) is 108 cm³/mol. The van der Waals surface area contributed by atoms with Crippen LogP contribution in [0.4, 0.5) is 4.79 Å². The Morgan fingerprint density at radius 1 is 1.26 bits per heavy atom. The number of urea groups is 1. The van der Waals surface area contributed by atoms with E-state index in [-0.39, 0.29) is 12.1 Å². The quantitative estimate of drug-likeness (QED) is 0.695. The van der Waals surface area contributed by atoms with E-state index >= 15 is 0 Å². The molecule has 0 radical (unpaired) electrons.